The zero-order chi connectivity index (χ0) is 35.8. The van der Waals surface area contributed by atoms with Crippen molar-refractivity contribution in [2.24, 2.45) is 0 Å². The van der Waals surface area contributed by atoms with Crippen LogP contribution in [0.3, 0.4) is 0 Å². The lowest BCUT2D eigenvalue weighted by Gasteiger charge is -2.32. The summed E-state index contributed by atoms with van der Waals surface area (Å²) >= 11 is 0. The molecule has 16 heteroatoms. The maximum atomic E-state index is 14.6. The highest BCUT2D eigenvalue weighted by atomic mass is 19.4. The second-order valence-electron chi connectivity index (χ2n) is 14.6. The number of fused-ring (bicyclic) bond motifs is 1. The zero-order valence-corrected chi connectivity index (χ0v) is 28.7. The number of carbonyl (C=O) groups excluding carboxylic acids is 3. The van der Waals surface area contributed by atoms with Crippen LogP contribution >= 0.6 is 0 Å². The third-order valence-corrected chi connectivity index (χ3v) is 6.92. The lowest BCUT2D eigenvalue weighted by Crippen LogP contribution is -2.45. The molecule has 13 nitrogen and oxygen atoms in total. The molecule has 264 valence electrons. The van der Waals surface area contributed by atoms with Crippen molar-refractivity contribution >= 4 is 29.8 Å². The Morgan fingerprint density at radius 2 is 1.46 bits per heavy atom. The summed E-state index contributed by atoms with van der Waals surface area (Å²) in [6, 6.07) is 0.828. The van der Waals surface area contributed by atoms with E-state index >= 15 is 0 Å². The van der Waals surface area contributed by atoms with Crippen molar-refractivity contribution in [2.45, 2.75) is 111 Å². The first-order valence-corrected chi connectivity index (χ1v) is 15.6. The molecule has 0 radical (unpaired) electrons. The van der Waals surface area contributed by atoms with Gasteiger partial charge in [0.05, 0.1) is 36.2 Å². The summed E-state index contributed by atoms with van der Waals surface area (Å²) in [6.07, 6.45) is -5.16. The minimum Gasteiger partial charge on any atom is -0.472 e. The Balaban J connectivity index is 1.62. The smallest absolute Gasteiger partial charge is 0.425 e. The van der Waals surface area contributed by atoms with Gasteiger partial charge in [-0.2, -0.15) is 18.1 Å². The van der Waals surface area contributed by atoms with Gasteiger partial charge in [0.2, 0.25) is 5.88 Å². The number of hydrogen-bond acceptors (Lipinski definition) is 11. The van der Waals surface area contributed by atoms with Crippen LogP contribution in [-0.4, -0.2) is 80.7 Å². The summed E-state index contributed by atoms with van der Waals surface area (Å²) in [5, 5.41) is 0. The number of alkyl halides is 3. The molecule has 0 aliphatic carbocycles. The van der Waals surface area contributed by atoms with Gasteiger partial charge >= 0.3 is 24.5 Å². The van der Waals surface area contributed by atoms with Gasteiger partial charge in [0.25, 0.3) is 0 Å². The second kappa shape index (κ2) is 13.3. The fourth-order valence-corrected chi connectivity index (χ4v) is 4.98. The van der Waals surface area contributed by atoms with Crippen molar-refractivity contribution in [1.82, 2.24) is 19.9 Å². The number of aromatic nitrogens is 3. The van der Waals surface area contributed by atoms with E-state index in [1.165, 1.54) is 47.9 Å². The molecule has 4 rings (SSSR count). The van der Waals surface area contributed by atoms with E-state index in [2.05, 4.69) is 15.0 Å². The molecule has 2 aromatic rings. The third kappa shape index (κ3) is 9.37. The summed E-state index contributed by atoms with van der Waals surface area (Å²) in [5.74, 6) is -0.710. The Morgan fingerprint density at radius 1 is 0.854 bits per heavy atom. The Labute approximate surface area is 277 Å². The van der Waals surface area contributed by atoms with Crippen molar-refractivity contribution in [1.29, 1.82) is 0 Å². The molecule has 0 N–H and O–H groups in total. The molecule has 0 aromatic carbocycles. The van der Waals surface area contributed by atoms with Gasteiger partial charge in [0, 0.05) is 25.9 Å². The van der Waals surface area contributed by atoms with Crippen LogP contribution in [-0.2, 0) is 33.4 Å². The van der Waals surface area contributed by atoms with Crippen LogP contribution in [0.25, 0.3) is 0 Å². The summed E-state index contributed by atoms with van der Waals surface area (Å²) in [7, 11) is 0. The minimum absolute atomic E-state index is 0.0804. The quantitative estimate of drug-likeness (QED) is 0.327. The number of carbonyl (C=O) groups is 3. The van der Waals surface area contributed by atoms with Crippen LogP contribution in [0.5, 0.6) is 5.88 Å². The lowest BCUT2D eigenvalue weighted by molar-refractivity contribution is -0.137. The molecule has 2 aliphatic rings. The zero-order valence-electron chi connectivity index (χ0n) is 28.7. The number of pyridine rings is 1. The van der Waals surface area contributed by atoms with Crippen LogP contribution in [0, 0.1) is 0 Å². The molecule has 2 aromatic heterocycles. The highest BCUT2D eigenvalue weighted by Crippen LogP contribution is 2.40. The van der Waals surface area contributed by atoms with E-state index in [0.717, 1.165) is 12.3 Å². The van der Waals surface area contributed by atoms with E-state index < -0.39 is 52.6 Å². The van der Waals surface area contributed by atoms with Crippen LogP contribution in [0.15, 0.2) is 18.6 Å². The number of hydrogen-bond donors (Lipinski definition) is 0. The van der Waals surface area contributed by atoms with E-state index in [4.69, 9.17) is 18.9 Å². The van der Waals surface area contributed by atoms with Gasteiger partial charge in [-0.25, -0.2) is 29.3 Å². The molecule has 1 unspecified atom stereocenters. The van der Waals surface area contributed by atoms with E-state index in [0.29, 0.717) is 37.2 Å². The van der Waals surface area contributed by atoms with Crippen LogP contribution in [0.2, 0.25) is 0 Å². The van der Waals surface area contributed by atoms with Crippen molar-refractivity contribution in [3.8, 4) is 5.88 Å². The molecule has 3 amide bonds. The Bertz CT molecular complexity index is 1500. The Hall–Kier alpha value is -4.37. The average Bonchev–Trinajstić information content (AvgIpc) is 3.39. The highest BCUT2D eigenvalue weighted by molar-refractivity contribution is 6.09. The first-order chi connectivity index (χ1) is 22.0. The Kier molecular flexibility index (Phi) is 10.1. The predicted octanol–water partition coefficient (Wildman–Crippen LogP) is 6.52. The molecule has 0 spiro atoms. The fourth-order valence-electron chi connectivity index (χ4n) is 4.98. The van der Waals surface area contributed by atoms with Gasteiger partial charge in [-0.3, -0.25) is 0 Å². The number of nitrogens with zero attached hydrogens (tertiary/aromatic N) is 6. The van der Waals surface area contributed by atoms with Gasteiger partial charge in [0.1, 0.15) is 34.8 Å². The lowest BCUT2D eigenvalue weighted by atomic mass is 10.1. The second-order valence-corrected chi connectivity index (χ2v) is 14.6. The van der Waals surface area contributed by atoms with E-state index in [1.807, 2.05) is 0 Å². The molecule has 0 bridgehead atoms. The summed E-state index contributed by atoms with van der Waals surface area (Å²) in [5.41, 5.74) is -2.90. The number of anilines is 2. The van der Waals surface area contributed by atoms with Crippen molar-refractivity contribution in [2.75, 3.05) is 29.4 Å². The van der Waals surface area contributed by atoms with E-state index in [-0.39, 0.29) is 35.7 Å². The number of imide groups is 1. The molecule has 0 saturated carbocycles. The van der Waals surface area contributed by atoms with Crippen LogP contribution < -0.4 is 14.5 Å². The number of ether oxygens (including phenoxy) is 4. The first-order valence-electron chi connectivity index (χ1n) is 15.6. The first kappa shape index (κ1) is 36.5. The van der Waals surface area contributed by atoms with Gasteiger partial charge in [-0.1, -0.05) is 0 Å². The van der Waals surface area contributed by atoms with Crippen LogP contribution in [0.4, 0.5) is 39.1 Å². The summed E-state index contributed by atoms with van der Waals surface area (Å²) in [6.45, 7) is 15.5. The number of rotatable bonds is 4. The predicted molar refractivity (Wildman–Crippen MR) is 168 cm³/mol. The molecule has 1 saturated heterocycles. The normalized spacial score (nSPS) is 17.0. The number of amides is 3. The van der Waals surface area contributed by atoms with E-state index in [1.54, 1.807) is 30.6 Å². The topological polar surface area (TPSA) is 137 Å². The standard InChI is InChI=1S/C32H43F3N6O7/c1-29(2,3)46-26(42)40-12-10-20(16-40)45-25-21-17-39(13-11-23(21)37-18-38-25)19-14-22(32(33,34)35)24(36-15-19)41(27(43)47-30(4,5)6)28(44)48-31(7,8)9/h14-15,18,20H,10-13,16-17H2,1-9H3. The van der Waals surface area contributed by atoms with Crippen LogP contribution in [0.1, 0.15) is 85.6 Å². The van der Waals surface area contributed by atoms with Crippen molar-refractivity contribution in [3.05, 3.63) is 35.4 Å². The summed E-state index contributed by atoms with van der Waals surface area (Å²) < 4.78 is 66.0. The maximum Gasteiger partial charge on any atom is 0.425 e. The average molecular weight is 681 g/mol. The van der Waals surface area contributed by atoms with E-state index in [9.17, 15) is 27.6 Å². The highest BCUT2D eigenvalue weighted by Gasteiger charge is 2.43. The monoisotopic (exact) mass is 680 g/mol. The van der Waals surface area contributed by atoms with Gasteiger partial charge in [-0.05, 0) is 68.4 Å². The minimum atomic E-state index is -5.02. The van der Waals surface area contributed by atoms with Gasteiger partial charge in [0.15, 0.2) is 5.82 Å². The molecule has 1 atom stereocenters. The molecular formula is C32H43F3N6O7. The SMILES string of the molecule is CC(C)(C)OC(=O)N1CCC(Oc2ncnc3c2CN(c2cnc(N(C(=O)OC(C)(C)C)C(=O)OC(C)(C)C)c(C(F)(F)F)c2)CC3)C1. The van der Waals surface area contributed by atoms with Gasteiger partial charge < -0.3 is 28.7 Å². The molecule has 2 aliphatic heterocycles. The van der Waals surface area contributed by atoms with Gasteiger partial charge in [-0.15, -0.1) is 0 Å². The molecular weight excluding hydrogens is 637 g/mol. The molecule has 4 heterocycles. The number of likely N-dealkylation sites (tertiary alicyclic amines) is 1. The molecule has 1 fully saturated rings. The van der Waals surface area contributed by atoms with Crippen molar-refractivity contribution in [3.63, 3.8) is 0 Å². The Morgan fingerprint density at radius 3 is 2.02 bits per heavy atom. The fraction of sp³-hybridized carbons (Fsp3) is 0.625. The third-order valence-electron chi connectivity index (χ3n) is 6.92. The maximum absolute atomic E-state index is 14.6. The summed E-state index contributed by atoms with van der Waals surface area (Å²) in [4.78, 5) is 54.8. The molecule has 48 heavy (non-hydrogen) atoms. The largest absolute Gasteiger partial charge is 0.472 e. The number of halogens is 3. The van der Waals surface area contributed by atoms with Crippen molar-refractivity contribution < 1.29 is 46.5 Å².